The van der Waals surface area contributed by atoms with E-state index in [2.05, 4.69) is 32.9 Å². The van der Waals surface area contributed by atoms with Crippen molar-refractivity contribution in [2.24, 2.45) is 5.92 Å². The van der Waals surface area contributed by atoms with Crippen molar-refractivity contribution in [2.45, 2.75) is 107 Å². The number of rotatable bonds is 8. The first-order valence-corrected chi connectivity index (χ1v) is 16.3. The summed E-state index contributed by atoms with van der Waals surface area (Å²) in [4.78, 5) is 0. The zero-order valence-electron chi connectivity index (χ0n) is 29.3. The van der Waals surface area contributed by atoms with Gasteiger partial charge in [0.25, 0.3) is 0 Å². The maximum absolute atomic E-state index is 10.6. The fraction of sp³-hybridized carbons (Fsp3) is 0.415. The molecule has 4 heteroatoms. The fourth-order valence-corrected chi connectivity index (χ4v) is 6.75. The molecule has 0 aromatic heterocycles. The molecule has 0 heterocycles. The number of aryl methyl sites for hydroxylation is 8. The maximum Gasteiger partial charge on any atom is 0.122 e. The van der Waals surface area contributed by atoms with Crippen LogP contribution in [0.4, 0.5) is 0 Å². The van der Waals surface area contributed by atoms with Crippen LogP contribution in [0.15, 0.2) is 48.5 Å². The van der Waals surface area contributed by atoms with Gasteiger partial charge in [0, 0.05) is 34.1 Å². The molecular weight excluding hydrogens is 556 g/mol. The van der Waals surface area contributed by atoms with Gasteiger partial charge < -0.3 is 20.4 Å². The smallest absolute Gasteiger partial charge is 0.122 e. The van der Waals surface area contributed by atoms with E-state index in [1.807, 2.05) is 91.8 Å². The molecule has 0 aliphatic heterocycles. The first kappa shape index (κ1) is 35.6. The molecule has 4 aromatic carbocycles. The predicted molar refractivity (Wildman–Crippen MR) is 188 cm³/mol. The van der Waals surface area contributed by atoms with Crippen molar-refractivity contribution in [3.8, 4) is 23.0 Å². The van der Waals surface area contributed by atoms with Crippen LogP contribution in [0.3, 0.4) is 0 Å². The molecule has 0 bridgehead atoms. The summed E-state index contributed by atoms with van der Waals surface area (Å²) in [7, 11) is 0. The summed E-state index contributed by atoms with van der Waals surface area (Å²) in [5.41, 5.74) is 11.7. The van der Waals surface area contributed by atoms with E-state index >= 15 is 0 Å². The number of benzene rings is 4. The largest absolute Gasteiger partial charge is 0.507 e. The maximum atomic E-state index is 10.6. The fourth-order valence-electron chi connectivity index (χ4n) is 6.75. The van der Waals surface area contributed by atoms with Crippen molar-refractivity contribution < 1.29 is 20.4 Å². The van der Waals surface area contributed by atoms with Gasteiger partial charge in [-0.2, -0.15) is 0 Å². The minimum Gasteiger partial charge on any atom is -0.507 e. The van der Waals surface area contributed by atoms with Gasteiger partial charge in [-0.25, -0.2) is 0 Å². The molecule has 4 nitrogen and oxygen atoms in total. The van der Waals surface area contributed by atoms with Crippen LogP contribution in [-0.2, 0) is 0 Å². The molecule has 4 aromatic rings. The molecule has 0 spiro atoms. The molecule has 0 unspecified atom stereocenters. The van der Waals surface area contributed by atoms with Gasteiger partial charge in [-0.3, -0.25) is 0 Å². The zero-order chi connectivity index (χ0) is 33.7. The van der Waals surface area contributed by atoms with Crippen LogP contribution in [0.1, 0.15) is 119 Å². The van der Waals surface area contributed by atoms with E-state index in [1.165, 1.54) is 0 Å². The predicted octanol–water partition coefficient (Wildman–Crippen LogP) is 10.8. The van der Waals surface area contributed by atoms with E-state index in [9.17, 15) is 20.4 Å². The van der Waals surface area contributed by atoms with Crippen molar-refractivity contribution in [1.29, 1.82) is 0 Å². The number of phenols is 4. The second kappa shape index (κ2) is 14.9. The minimum atomic E-state index is -0.0304. The van der Waals surface area contributed by atoms with Crippen LogP contribution in [0.2, 0.25) is 0 Å². The molecule has 242 valence electrons. The monoisotopic (exact) mass is 610 g/mol. The molecule has 0 amide bonds. The van der Waals surface area contributed by atoms with Gasteiger partial charge in [-0.1, -0.05) is 104 Å². The Hall–Kier alpha value is -3.92. The lowest BCUT2D eigenvalue weighted by Gasteiger charge is -2.26. The van der Waals surface area contributed by atoms with Gasteiger partial charge in [-0.05, 0) is 90.0 Å². The number of aromatic hydroxyl groups is 4. The summed E-state index contributed by atoms with van der Waals surface area (Å²) < 4.78 is 0. The molecule has 0 saturated heterocycles. The van der Waals surface area contributed by atoms with Gasteiger partial charge >= 0.3 is 0 Å². The second-order valence-electron chi connectivity index (χ2n) is 13.5. The summed E-state index contributed by atoms with van der Waals surface area (Å²) in [5.74, 6) is 1.64. The van der Waals surface area contributed by atoms with E-state index in [4.69, 9.17) is 0 Å². The molecule has 0 aliphatic rings. The second-order valence-corrected chi connectivity index (χ2v) is 13.5. The highest BCUT2D eigenvalue weighted by Crippen LogP contribution is 2.44. The number of hydrogen-bond acceptors (Lipinski definition) is 4. The molecule has 4 rings (SSSR count). The lowest BCUT2D eigenvalue weighted by Crippen LogP contribution is -2.11. The molecule has 4 N–H and O–H groups in total. The number of phenolic OH excluding ortho intramolecular Hbond substituents is 4. The van der Waals surface area contributed by atoms with Crippen LogP contribution in [0.25, 0.3) is 0 Å². The van der Waals surface area contributed by atoms with E-state index < -0.39 is 0 Å². The van der Waals surface area contributed by atoms with Gasteiger partial charge in [0.15, 0.2) is 0 Å². The number of hydrogen-bond donors (Lipinski definition) is 4. The first-order chi connectivity index (χ1) is 21.1. The van der Waals surface area contributed by atoms with Crippen molar-refractivity contribution in [3.63, 3.8) is 0 Å². The Balaban J connectivity index is 0.000000246. The highest BCUT2D eigenvalue weighted by Gasteiger charge is 2.26. The van der Waals surface area contributed by atoms with Crippen LogP contribution >= 0.6 is 0 Å². The number of unbranched alkanes of at least 4 members (excludes halogenated alkanes) is 1. The Morgan fingerprint density at radius 1 is 0.467 bits per heavy atom. The Kier molecular flexibility index (Phi) is 11.8. The van der Waals surface area contributed by atoms with E-state index in [-0.39, 0.29) is 17.8 Å². The van der Waals surface area contributed by atoms with Crippen molar-refractivity contribution >= 4 is 0 Å². The third-order valence-electron chi connectivity index (χ3n) is 8.83. The normalized spacial score (nSPS) is 11.3. The lowest BCUT2D eigenvalue weighted by atomic mass is 9.79. The summed E-state index contributed by atoms with van der Waals surface area (Å²) in [6.07, 6.45) is 3.07. The average molecular weight is 611 g/mol. The molecule has 0 atom stereocenters. The molecular formula is C41H54O4. The van der Waals surface area contributed by atoms with E-state index in [0.29, 0.717) is 23.0 Å². The SMILES string of the molecule is CCCCC(c1cc(C)cc(C)c1O)c1cc(C)cc(C)c1O.Cc1cc(C)c(O)c(C(c2cc(C)cc(C)c2O)C(C)C)c1. The third kappa shape index (κ3) is 8.22. The summed E-state index contributed by atoms with van der Waals surface area (Å²) in [6.45, 7) is 22.3. The molecule has 0 aliphatic carbocycles. The van der Waals surface area contributed by atoms with Crippen LogP contribution in [0, 0.1) is 61.3 Å². The minimum absolute atomic E-state index is 0.0205. The molecule has 45 heavy (non-hydrogen) atoms. The Morgan fingerprint density at radius 2 is 0.756 bits per heavy atom. The summed E-state index contributed by atoms with van der Waals surface area (Å²) in [5, 5.41) is 42.3. The standard InChI is InChI=1S/C21H28O2.C20H26O2/c1-6-7-8-17(18-11-13(2)9-15(4)20(18)22)19-12-14(3)10-16(5)21(19)23;1-11(2)18(16-9-12(3)7-14(5)19(16)21)17-10-13(4)8-15(6)20(17)22/h9-12,17,22-23H,6-8H2,1-5H3;7-11,18,21-22H,1-6H3. The van der Waals surface area contributed by atoms with Crippen LogP contribution in [-0.4, -0.2) is 20.4 Å². The first-order valence-electron chi connectivity index (χ1n) is 16.3. The average Bonchev–Trinajstić information content (AvgIpc) is 2.94. The Morgan fingerprint density at radius 3 is 1.04 bits per heavy atom. The van der Waals surface area contributed by atoms with Crippen molar-refractivity contribution in [2.75, 3.05) is 0 Å². The van der Waals surface area contributed by atoms with Gasteiger partial charge in [-0.15, -0.1) is 0 Å². The quantitative estimate of drug-likeness (QED) is 0.160. The van der Waals surface area contributed by atoms with Crippen LogP contribution in [0.5, 0.6) is 23.0 Å². The highest BCUT2D eigenvalue weighted by atomic mass is 16.3. The summed E-state index contributed by atoms with van der Waals surface area (Å²) in [6, 6.07) is 16.1. The van der Waals surface area contributed by atoms with Gasteiger partial charge in [0.05, 0.1) is 0 Å². The van der Waals surface area contributed by atoms with Gasteiger partial charge in [0.2, 0.25) is 0 Å². The third-order valence-corrected chi connectivity index (χ3v) is 8.83. The summed E-state index contributed by atoms with van der Waals surface area (Å²) >= 11 is 0. The zero-order valence-corrected chi connectivity index (χ0v) is 29.3. The van der Waals surface area contributed by atoms with Crippen molar-refractivity contribution in [3.05, 3.63) is 115 Å². The topological polar surface area (TPSA) is 80.9 Å². The Bertz CT molecular complexity index is 1530. The highest BCUT2D eigenvalue weighted by molar-refractivity contribution is 5.55. The molecule has 0 radical (unpaired) electrons. The molecule has 0 fully saturated rings. The lowest BCUT2D eigenvalue weighted by molar-refractivity contribution is 0.431. The van der Waals surface area contributed by atoms with Gasteiger partial charge in [0.1, 0.15) is 23.0 Å². The van der Waals surface area contributed by atoms with Crippen molar-refractivity contribution in [1.82, 2.24) is 0 Å². The Labute approximate surface area is 271 Å². The van der Waals surface area contributed by atoms with Crippen LogP contribution < -0.4 is 0 Å². The van der Waals surface area contributed by atoms with E-state index in [1.54, 1.807) is 0 Å². The molecule has 0 saturated carbocycles. The van der Waals surface area contributed by atoms with E-state index in [0.717, 1.165) is 86.0 Å².